The number of ketones is 2. The molecule has 0 bridgehead atoms. The maximum atomic E-state index is 14.1. The summed E-state index contributed by atoms with van der Waals surface area (Å²) in [5, 5.41) is 11.6. The molecule has 44 heavy (non-hydrogen) atoms. The quantitative estimate of drug-likeness (QED) is 0.288. The highest BCUT2D eigenvalue weighted by atomic mass is 35.5. The van der Waals surface area contributed by atoms with Gasteiger partial charge < -0.3 is 9.84 Å². The standard InChI is InChI=1S/C31H25ClF3N3O6/c1-13-10-21(40)26-19(27(13)41)12-18-15(24(26)16-5-4-14(39)11-22(16)44-3)6-7-17-25(18)30(43)38(29(17)42)37(2)28-20(32)8-9-23(36-28)31(33,34)35/h4-6,8-11,17-18,24-25,39H,7,12H2,1-3H3/t17-,18+,24+,25-/m0/s1. The number of amides is 2. The molecule has 0 unspecified atom stereocenters. The number of hydrogen-bond donors (Lipinski definition) is 1. The summed E-state index contributed by atoms with van der Waals surface area (Å²) in [5.41, 5.74) is 0.607. The lowest BCUT2D eigenvalue weighted by Gasteiger charge is -2.42. The van der Waals surface area contributed by atoms with Crippen LogP contribution in [0.25, 0.3) is 0 Å². The number of aromatic hydroxyl groups is 1. The van der Waals surface area contributed by atoms with Crippen molar-refractivity contribution in [2.24, 2.45) is 17.8 Å². The zero-order valence-corrected chi connectivity index (χ0v) is 24.4. The van der Waals surface area contributed by atoms with Crippen molar-refractivity contribution >= 4 is 40.8 Å². The molecular weight excluding hydrogens is 603 g/mol. The number of alkyl halides is 3. The van der Waals surface area contributed by atoms with E-state index in [1.54, 1.807) is 12.1 Å². The highest BCUT2D eigenvalue weighted by Crippen LogP contribution is 2.56. The average molecular weight is 628 g/mol. The fraction of sp³-hybridized carbons (Fsp3) is 0.323. The van der Waals surface area contributed by atoms with Gasteiger partial charge in [0.15, 0.2) is 17.4 Å². The number of carbonyl (C=O) groups is 4. The first-order valence-electron chi connectivity index (χ1n) is 13.7. The number of fused-ring (bicyclic) bond motifs is 3. The van der Waals surface area contributed by atoms with Gasteiger partial charge in [-0.05, 0) is 50.0 Å². The van der Waals surface area contributed by atoms with E-state index in [2.05, 4.69) is 4.98 Å². The van der Waals surface area contributed by atoms with E-state index in [9.17, 15) is 37.5 Å². The third-order valence-electron chi connectivity index (χ3n) is 8.79. The number of halogens is 4. The molecular formula is C31H25ClF3N3O6. The van der Waals surface area contributed by atoms with Crippen LogP contribution >= 0.6 is 11.6 Å². The Kier molecular flexibility index (Phi) is 6.95. The van der Waals surface area contributed by atoms with Crippen molar-refractivity contribution in [1.29, 1.82) is 0 Å². The number of hydrogen-bond acceptors (Lipinski definition) is 8. The van der Waals surface area contributed by atoms with Crippen LogP contribution in [0.15, 0.2) is 64.8 Å². The molecule has 6 rings (SSSR count). The number of rotatable bonds is 4. The zero-order valence-electron chi connectivity index (χ0n) is 23.6. The zero-order chi connectivity index (χ0) is 31.8. The van der Waals surface area contributed by atoms with E-state index in [0.29, 0.717) is 17.2 Å². The summed E-state index contributed by atoms with van der Waals surface area (Å²) in [6, 6.07) is 6.09. The number of ether oxygens (including phenoxy) is 1. The van der Waals surface area contributed by atoms with Crippen LogP contribution in [0.1, 0.15) is 36.9 Å². The lowest BCUT2D eigenvalue weighted by molar-refractivity contribution is -0.141. The van der Waals surface area contributed by atoms with E-state index in [-0.39, 0.29) is 57.6 Å². The predicted octanol–water partition coefficient (Wildman–Crippen LogP) is 4.95. The number of aromatic nitrogens is 1. The molecule has 1 saturated heterocycles. The number of pyridine rings is 1. The van der Waals surface area contributed by atoms with E-state index in [1.165, 1.54) is 39.3 Å². The van der Waals surface area contributed by atoms with Gasteiger partial charge in [-0.1, -0.05) is 29.3 Å². The maximum Gasteiger partial charge on any atom is 0.433 e. The predicted molar refractivity (Wildman–Crippen MR) is 150 cm³/mol. The van der Waals surface area contributed by atoms with Crippen LogP contribution < -0.4 is 9.75 Å². The van der Waals surface area contributed by atoms with Crippen LogP contribution in [0.3, 0.4) is 0 Å². The number of carbonyl (C=O) groups excluding carboxylic acids is 4. The minimum Gasteiger partial charge on any atom is -0.508 e. The normalized spacial score (nSPS) is 24.9. The lowest BCUT2D eigenvalue weighted by atomic mass is 9.59. The highest BCUT2D eigenvalue weighted by molar-refractivity contribution is 6.33. The minimum absolute atomic E-state index is 0.00806. The Labute approximate surface area is 254 Å². The van der Waals surface area contributed by atoms with Gasteiger partial charge in [0, 0.05) is 41.3 Å². The summed E-state index contributed by atoms with van der Waals surface area (Å²) in [5.74, 6) is -5.65. The smallest absolute Gasteiger partial charge is 0.433 e. The summed E-state index contributed by atoms with van der Waals surface area (Å²) in [7, 11) is 2.63. The van der Waals surface area contributed by atoms with Crippen molar-refractivity contribution in [1.82, 2.24) is 9.99 Å². The monoisotopic (exact) mass is 627 g/mol. The van der Waals surface area contributed by atoms with E-state index in [1.807, 2.05) is 0 Å². The summed E-state index contributed by atoms with van der Waals surface area (Å²) >= 11 is 6.18. The molecule has 9 nitrogen and oxygen atoms in total. The fourth-order valence-electron chi connectivity index (χ4n) is 6.87. The molecule has 4 aliphatic rings. The SMILES string of the molecule is COc1cc(O)ccc1[C@H]1C2=CC[C@@H]3C(=O)N(N(C)c4nc(C(F)(F)F)ccc4Cl)C(=O)[C@@H]3[C@@H]2CC2=C1C(=O)C=C(C)C2=O. The van der Waals surface area contributed by atoms with Crippen LogP contribution in [-0.2, 0) is 25.4 Å². The molecule has 4 atom stereocenters. The van der Waals surface area contributed by atoms with Crippen LogP contribution in [0, 0.1) is 17.8 Å². The molecule has 3 aliphatic carbocycles. The number of imide groups is 1. The van der Waals surface area contributed by atoms with Crippen molar-refractivity contribution < 1.29 is 42.2 Å². The largest absolute Gasteiger partial charge is 0.508 e. The van der Waals surface area contributed by atoms with Crippen molar-refractivity contribution in [3.05, 3.63) is 81.1 Å². The topological polar surface area (TPSA) is 117 Å². The molecule has 13 heteroatoms. The van der Waals surface area contributed by atoms with Gasteiger partial charge >= 0.3 is 6.18 Å². The first-order valence-corrected chi connectivity index (χ1v) is 14.0. The second-order valence-electron chi connectivity index (χ2n) is 11.2. The van der Waals surface area contributed by atoms with E-state index >= 15 is 0 Å². The summed E-state index contributed by atoms with van der Waals surface area (Å²) < 4.78 is 45.8. The number of phenols is 1. The molecule has 1 aromatic heterocycles. The number of anilines is 1. The van der Waals surface area contributed by atoms with Crippen LogP contribution in [0.4, 0.5) is 19.0 Å². The van der Waals surface area contributed by atoms with Crippen LogP contribution in [-0.4, -0.2) is 52.6 Å². The number of phenolic OH excluding ortho intramolecular Hbond substituents is 1. The summed E-state index contributed by atoms with van der Waals surface area (Å²) in [4.78, 5) is 58.3. The molecule has 2 heterocycles. The van der Waals surface area contributed by atoms with E-state index in [4.69, 9.17) is 16.3 Å². The third kappa shape index (κ3) is 4.42. The Hall–Kier alpha value is -4.45. The van der Waals surface area contributed by atoms with Gasteiger partial charge in [-0.25, -0.2) is 4.98 Å². The number of Topliss-reactive ketones (excluding diaryl/α,β-unsaturated/α-hetero) is 1. The van der Waals surface area contributed by atoms with Crippen molar-refractivity contribution in [2.45, 2.75) is 31.9 Å². The molecule has 2 aromatic rings. The van der Waals surface area contributed by atoms with Crippen molar-refractivity contribution in [3.8, 4) is 11.5 Å². The van der Waals surface area contributed by atoms with Gasteiger partial charge in [-0.15, -0.1) is 0 Å². The molecule has 0 radical (unpaired) electrons. The molecule has 0 spiro atoms. The Morgan fingerprint density at radius 2 is 1.82 bits per heavy atom. The van der Waals surface area contributed by atoms with Crippen LogP contribution in [0.5, 0.6) is 11.5 Å². The Bertz CT molecular complexity index is 1760. The minimum atomic E-state index is -4.79. The molecule has 1 aromatic carbocycles. The van der Waals surface area contributed by atoms with Gasteiger partial charge in [0.25, 0.3) is 11.8 Å². The number of methoxy groups -OCH3 is 1. The number of nitrogens with zero attached hydrogens (tertiary/aromatic N) is 3. The van der Waals surface area contributed by atoms with Gasteiger partial charge in [-0.2, -0.15) is 18.2 Å². The Morgan fingerprint density at radius 1 is 1.09 bits per heavy atom. The van der Waals surface area contributed by atoms with Gasteiger partial charge in [0.1, 0.15) is 17.2 Å². The maximum absolute atomic E-state index is 14.1. The Morgan fingerprint density at radius 3 is 2.50 bits per heavy atom. The van der Waals surface area contributed by atoms with Crippen molar-refractivity contribution in [3.63, 3.8) is 0 Å². The average Bonchev–Trinajstić information content (AvgIpc) is 3.23. The second-order valence-corrected chi connectivity index (χ2v) is 11.6. The fourth-order valence-corrected chi connectivity index (χ4v) is 7.09. The molecule has 1 fully saturated rings. The summed E-state index contributed by atoms with van der Waals surface area (Å²) in [6.07, 6.45) is -1.61. The van der Waals surface area contributed by atoms with Gasteiger partial charge in [0.05, 0.1) is 24.0 Å². The number of hydrazine groups is 1. The molecule has 1 N–H and O–H groups in total. The third-order valence-corrected chi connectivity index (χ3v) is 9.09. The number of benzene rings is 1. The molecule has 228 valence electrons. The first-order chi connectivity index (χ1) is 20.7. The molecule has 1 aliphatic heterocycles. The first kappa shape index (κ1) is 29.6. The second kappa shape index (κ2) is 10.3. The lowest BCUT2D eigenvalue weighted by Crippen LogP contribution is -2.46. The van der Waals surface area contributed by atoms with E-state index < -0.39 is 53.2 Å². The van der Waals surface area contributed by atoms with E-state index in [0.717, 1.165) is 16.1 Å². The highest BCUT2D eigenvalue weighted by Gasteiger charge is 2.58. The molecule has 2 amide bonds. The van der Waals surface area contributed by atoms with Crippen LogP contribution in [0.2, 0.25) is 5.02 Å². The van der Waals surface area contributed by atoms with Gasteiger partial charge in [-0.3, -0.25) is 24.2 Å². The van der Waals surface area contributed by atoms with Gasteiger partial charge in [0.2, 0.25) is 0 Å². The van der Waals surface area contributed by atoms with Crippen molar-refractivity contribution in [2.75, 3.05) is 19.2 Å². The Balaban J connectivity index is 1.45. The molecule has 0 saturated carbocycles. The number of allylic oxidation sites excluding steroid dienone is 6. The summed E-state index contributed by atoms with van der Waals surface area (Å²) in [6.45, 7) is 1.53.